The minimum Gasteiger partial charge on any atom is -0.461 e. The van der Waals surface area contributed by atoms with E-state index < -0.39 is 0 Å². The van der Waals surface area contributed by atoms with Crippen molar-refractivity contribution >= 4 is 43.7 Å². The standard InChI is InChI=1S/C15H14BrNO3/c1-7-5-9-12(11(18)3-4-17)14-10(6-8(2)19-14)13(16)15(9)20-7/h5-6H,3-4,17H2,1-2H3. The van der Waals surface area contributed by atoms with E-state index >= 15 is 0 Å². The van der Waals surface area contributed by atoms with Crippen molar-refractivity contribution < 1.29 is 13.6 Å². The van der Waals surface area contributed by atoms with Gasteiger partial charge in [0.15, 0.2) is 5.78 Å². The first-order valence-corrected chi connectivity index (χ1v) is 7.17. The maximum Gasteiger partial charge on any atom is 0.168 e. The van der Waals surface area contributed by atoms with Gasteiger partial charge in [-0.15, -0.1) is 0 Å². The SMILES string of the molecule is Cc1cc2c(C(=O)CCN)c3oc(C)cc3c(Br)c2o1. The first-order chi connectivity index (χ1) is 9.52. The van der Waals surface area contributed by atoms with Gasteiger partial charge in [-0.2, -0.15) is 0 Å². The van der Waals surface area contributed by atoms with Crippen LogP contribution in [0.5, 0.6) is 0 Å². The van der Waals surface area contributed by atoms with Crippen LogP contribution in [0.3, 0.4) is 0 Å². The van der Waals surface area contributed by atoms with Gasteiger partial charge in [0.25, 0.3) is 0 Å². The van der Waals surface area contributed by atoms with E-state index in [1.54, 1.807) is 0 Å². The topological polar surface area (TPSA) is 69.4 Å². The second-order valence-corrected chi connectivity index (χ2v) is 5.64. The summed E-state index contributed by atoms with van der Waals surface area (Å²) < 4.78 is 12.3. The molecule has 0 saturated heterocycles. The minimum atomic E-state index is -0.0230. The van der Waals surface area contributed by atoms with Gasteiger partial charge in [-0.05, 0) is 48.5 Å². The van der Waals surface area contributed by atoms with Crippen molar-refractivity contribution in [3.8, 4) is 0 Å². The normalized spacial score (nSPS) is 11.6. The zero-order valence-electron chi connectivity index (χ0n) is 11.2. The van der Waals surface area contributed by atoms with Gasteiger partial charge in [-0.1, -0.05) is 0 Å². The van der Waals surface area contributed by atoms with Crippen LogP contribution in [0.25, 0.3) is 21.9 Å². The Labute approximate surface area is 124 Å². The zero-order chi connectivity index (χ0) is 14.4. The number of benzene rings is 1. The summed E-state index contributed by atoms with van der Waals surface area (Å²) in [6.45, 7) is 4.03. The molecule has 0 aliphatic carbocycles. The number of Topliss-reactive ketones (excluding diaryl/α,β-unsaturated/α-hetero) is 1. The van der Waals surface area contributed by atoms with E-state index in [0.717, 1.165) is 26.8 Å². The Bertz CT molecular complexity index is 771. The van der Waals surface area contributed by atoms with Gasteiger partial charge in [0.05, 0.1) is 10.0 Å². The molecule has 0 aliphatic rings. The van der Waals surface area contributed by atoms with Crippen LogP contribution >= 0.6 is 15.9 Å². The summed E-state index contributed by atoms with van der Waals surface area (Å²) in [6, 6.07) is 3.76. The Hall–Kier alpha value is -1.59. The van der Waals surface area contributed by atoms with E-state index in [9.17, 15) is 4.79 Å². The number of fused-ring (bicyclic) bond motifs is 2. The second kappa shape index (κ2) is 4.75. The number of ketones is 1. The smallest absolute Gasteiger partial charge is 0.168 e. The van der Waals surface area contributed by atoms with Gasteiger partial charge in [0, 0.05) is 17.2 Å². The van der Waals surface area contributed by atoms with E-state index in [4.69, 9.17) is 14.6 Å². The summed E-state index contributed by atoms with van der Waals surface area (Å²) >= 11 is 3.54. The Morgan fingerprint density at radius 2 is 1.75 bits per heavy atom. The quantitative estimate of drug-likeness (QED) is 0.732. The molecule has 0 unspecified atom stereocenters. The van der Waals surface area contributed by atoms with Crippen molar-refractivity contribution in [3.63, 3.8) is 0 Å². The Kier molecular flexibility index (Phi) is 3.18. The lowest BCUT2D eigenvalue weighted by Gasteiger charge is -2.04. The van der Waals surface area contributed by atoms with Crippen LogP contribution in [0, 0.1) is 13.8 Å². The maximum atomic E-state index is 12.4. The molecule has 2 aromatic heterocycles. The Morgan fingerprint density at radius 3 is 2.40 bits per heavy atom. The summed E-state index contributed by atoms with van der Waals surface area (Å²) in [5.41, 5.74) is 7.35. The average molecular weight is 336 g/mol. The highest BCUT2D eigenvalue weighted by atomic mass is 79.9. The number of carbonyl (C=O) groups excluding carboxylic acids is 1. The number of carbonyl (C=O) groups is 1. The first kappa shape index (κ1) is 13.4. The number of nitrogens with two attached hydrogens (primary N) is 1. The molecule has 2 N–H and O–H groups in total. The van der Waals surface area contributed by atoms with Crippen LogP contribution in [0.2, 0.25) is 0 Å². The van der Waals surface area contributed by atoms with Gasteiger partial charge in [-0.25, -0.2) is 0 Å². The third-order valence-electron chi connectivity index (χ3n) is 3.29. The molecule has 2 heterocycles. The molecule has 0 fully saturated rings. The second-order valence-electron chi connectivity index (χ2n) is 4.85. The van der Waals surface area contributed by atoms with Gasteiger partial charge in [0.2, 0.25) is 0 Å². The molecule has 0 amide bonds. The lowest BCUT2D eigenvalue weighted by atomic mass is 10.0. The number of rotatable bonds is 3. The molecule has 5 heteroatoms. The van der Waals surface area contributed by atoms with Gasteiger partial charge >= 0.3 is 0 Å². The predicted octanol–water partition coefficient (Wildman–Crippen LogP) is 4.09. The van der Waals surface area contributed by atoms with Crippen LogP contribution in [0.15, 0.2) is 25.4 Å². The van der Waals surface area contributed by atoms with Crippen molar-refractivity contribution in [2.75, 3.05) is 6.54 Å². The van der Waals surface area contributed by atoms with E-state index in [0.29, 0.717) is 23.3 Å². The molecule has 20 heavy (non-hydrogen) atoms. The molecule has 3 aromatic rings. The molecule has 4 nitrogen and oxygen atoms in total. The molecule has 0 spiro atoms. The molecule has 1 aromatic carbocycles. The van der Waals surface area contributed by atoms with E-state index in [-0.39, 0.29) is 12.2 Å². The summed E-state index contributed by atoms with van der Waals surface area (Å²) in [6.07, 6.45) is 0.288. The minimum absolute atomic E-state index is 0.0230. The predicted molar refractivity (Wildman–Crippen MR) is 81.2 cm³/mol. The molecule has 3 rings (SSSR count). The number of halogens is 1. The summed E-state index contributed by atoms with van der Waals surface area (Å²) in [4.78, 5) is 12.4. The molecule has 0 saturated carbocycles. The van der Waals surface area contributed by atoms with Crippen LogP contribution in [-0.4, -0.2) is 12.3 Å². The lowest BCUT2D eigenvalue weighted by molar-refractivity contribution is 0.0987. The fourth-order valence-corrected chi connectivity index (χ4v) is 3.09. The summed E-state index contributed by atoms with van der Waals surface area (Å²) in [7, 11) is 0. The van der Waals surface area contributed by atoms with Crippen LogP contribution in [0.1, 0.15) is 28.3 Å². The van der Waals surface area contributed by atoms with Crippen molar-refractivity contribution in [1.82, 2.24) is 0 Å². The van der Waals surface area contributed by atoms with Gasteiger partial charge in [-0.3, -0.25) is 4.79 Å². The molecular formula is C15H14BrNO3. The monoisotopic (exact) mass is 335 g/mol. The van der Waals surface area contributed by atoms with Crippen LogP contribution in [-0.2, 0) is 0 Å². The summed E-state index contributed by atoms with van der Waals surface area (Å²) in [5.74, 6) is 1.49. The summed E-state index contributed by atoms with van der Waals surface area (Å²) in [5, 5.41) is 1.62. The fraction of sp³-hybridized carbons (Fsp3) is 0.267. The van der Waals surface area contributed by atoms with Crippen LogP contribution < -0.4 is 5.73 Å². The van der Waals surface area contributed by atoms with Crippen molar-refractivity contribution in [1.29, 1.82) is 0 Å². The first-order valence-electron chi connectivity index (χ1n) is 6.38. The Morgan fingerprint density at radius 1 is 1.15 bits per heavy atom. The molecule has 0 aliphatic heterocycles. The fourth-order valence-electron chi connectivity index (χ4n) is 2.50. The highest BCUT2D eigenvalue weighted by Gasteiger charge is 2.23. The largest absolute Gasteiger partial charge is 0.461 e. The highest BCUT2D eigenvalue weighted by Crippen LogP contribution is 2.39. The van der Waals surface area contributed by atoms with Gasteiger partial charge in [0.1, 0.15) is 22.7 Å². The third kappa shape index (κ3) is 1.89. The molecule has 0 atom stereocenters. The number of furan rings is 2. The molecule has 104 valence electrons. The lowest BCUT2D eigenvalue weighted by Crippen LogP contribution is -2.08. The van der Waals surface area contributed by atoms with Crippen LogP contribution in [0.4, 0.5) is 0 Å². The number of hydrogen-bond acceptors (Lipinski definition) is 4. The Balaban J connectivity index is 2.48. The van der Waals surface area contributed by atoms with Gasteiger partial charge < -0.3 is 14.6 Å². The van der Waals surface area contributed by atoms with Crippen molar-refractivity contribution in [2.24, 2.45) is 5.73 Å². The van der Waals surface area contributed by atoms with Crippen molar-refractivity contribution in [3.05, 3.63) is 33.7 Å². The van der Waals surface area contributed by atoms with E-state index in [2.05, 4.69) is 15.9 Å². The van der Waals surface area contributed by atoms with E-state index in [1.807, 2.05) is 26.0 Å². The molecule has 0 radical (unpaired) electrons. The average Bonchev–Trinajstić information content (AvgIpc) is 2.93. The zero-order valence-corrected chi connectivity index (χ0v) is 12.8. The molecule has 0 bridgehead atoms. The third-order valence-corrected chi connectivity index (χ3v) is 4.08. The van der Waals surface area contributed by atoms with Crippen molar-refractivity contribution in [2.45, 2.75) is 20.3 Å². The highest BCUT2D eigenvalue weighted by molar-refractivity contribution is 9.10. The van der Waals surface area contributed by atoms with E-state index in [1.165, 1.54) is 0 Å². The number of aryl methyl sites for hydroxylation is 2. The molecular weight excluding hydrogens is 322 g/mol. The number of hydrogen-bond donors (Lipinski definition) is 1. The maximum absolute atomic E-state index is 12.4.